The van der Waals surface area contributed by atoms with E-state index in [2.05, 4.69) is 4.98 Å². The molecule has 1 atom stereocenters. The van der Waals surface area contributed by atoms with Crippen LogP contribution in [0.1, 0.15) is 6.42 Å². The number of anilines is 1. The highest BCUT2D eigenvalue weighted by Gasteiger charge is 2.57. The summed E-state index contributed by atoms with van der Waals surface area (Å²) in [6.07, 6.45) is -0.291. The van der Waals surface area contributed by atoms with Crippen molar-refractivity contribution in [2.24, 2.45) is 5.92 Å². The number of aromatic hydroxyl groups is 1. The van der Waals surface area contributed by atoms with Gasteiger partial charge in [0.2, 0.25) is 5.88 Å². The molecule has 0 bridgehead atoms. The Morgan fingerprint density at radius 3 is 2.70 bits per heavy atom. The van der Waals surface area contributed by atoms with Crippen LogP contribution in [-0.2, 0) is 15.0 Å². The number of fused-ring (bicyclic) bond motifs is 1. The highest BCUT2D eigenvalue weighted by Crippen LogP contribution is 2.48. The lowest BCUT2D eigenvalue weighted by Crippen LogP contribution is -2.30. The van der Waals surface area contributed by atoms with Crippen LogP contribution >= 0.6 is 0 Å². The summed E-state index contributed by atoms with van der Waals surface area (Å²) in [5, 5.41) is 10.2. The monoisotopic (exact) mass is 403 g/mol. The number of halogens is 3. The smallest absolute Gasteiger partial charge is 0.326 e. The minimum absolute atomic E-state index is 0.126. The quantitative estimate of drug-likeness (QED) is 0.797. The zero-order valence-electron chi connectivity index (χ0n) is 13.4. The first-order valence-electron chi connectivity index (χ1n) is 7.74. The van der Waals surface area contributed by atoms with E-state index in [0.717, 1.165) is 6.07 Å². The van der Waals surface area contributed by atoms with Crippen LogP contribution in [0.15, 0.2) is 18.2 Å². The van der Waals surface area contributed by atoms with Gasteiger partial charge in [0, 0.05) is 17.9 Å². The Bertz CT molecular complexity index is 1080. The first kappa shape index (κ1) is 17.6. The van der Waals surface area contributed by atoms with Crippen LogP contribution in [0, 0.1) is 11.7 Å². The SMILES string of the molecule is O=C1CN(c2c(O)cc3ccc(OCC4CC4(F)F)nc3c2F)S(=O)(=O)N1. The van der Waals surface area contributed by atoms with Crippen molar-refractivity contribution in [2.45, 2.75) is 12.3 Å². The average molecular weight is 403 g/mol. The van der Waals surface area contributed by atoms with Gasteiger partial charge in [-0.25, -0.2) is 27.2 Å². The highest BCUT2D eigenvalue weighted by molar-refractivity contribution is 7.92. The number of carbonyl (C=O) groups is 1. The van der Waals surface area contributed by atoms with Crippen molar-refractivity contribution in [2.75, 3.05) is 17.5 Å². The van der Waals surface area contributed by atoms with E-state index in [-0.39, 0.29) is 29.8 Å². The number of rotatable bonds is 4. The molecule has 2 aliphatic rings. The predicted octanol–water partition coefficient (Wildman–Crippen LogP) is 1.29. The maximum absolute atomic E-state index is 14.9. The van der Waals surface area contributed by atoms with Gasteiger partial charge in [-0.05, 0) is 12.1 Å². The third-order valence-corrected chi connectivity index (χ3v) is 5.69. The molecule has 1 aromatic carbocycles. The number of aromatic nitrogens is 1. The van der Waals surface area contributed by atoms with Crippen LogP contribution in [-0.4, -0.2) is 43.5 Å². The lowest BCUT2D eigenvalue weighted by atomic mass is 10.1. The van der Waals surface area contributed by atoms with E-state index in [9.17, 15) is 31.5 Å². The molecule has 8 nitrogen and oxygen atoms in total. The molecule has 1 amide bonds. The zero-order chi connectivity index (χ0) is 19.6. The topological polar surface area (TPSA) is 109 Å². The molecule has 12 heteroatoms. The van der Waals surface area contributed by atoms with E-state index in [1.54, 1.807) is 4.72 Å². The Balaban J connectivity index is 1.72. The van der Waals surface area contributed by atoms with Gasteiger partial charge in [-0.1, -0.05) is 0 Å². The number of ether oxygens (including phenoxy) is 1. The molecule has 1 aromatic heterocycles. The number of alkyl halides is 2. The van der Waals surface area contributed by atoms with Gasteiger partial charge in [-0.2, -0.15) is 8.42 Å². The molecule has 1 unspecified atom stereocenters. The van der Waals surface area contributed by atoms with E-state index in [1.165, 1.54) is 12.1 Å². The predicted molar refractivity (Wildman–Crippen MR) is 86.3 cm³/mol. The number of pyridine rings is 1. The summed E-state index contributed by atoms with van der Waals surface area (Å²) in [4.78, 5) is 15.2. The minimum Gasteiger partial charge on any atom is -0.506 e. The fourth-order valence-corrected chi connectivity index (χ4v) is 3.95. The van der Waals surface area contributed by atoms with E-state index < -0.39 is 51.8 Å². The molecular formula is C15H12F3N3O5S. The molecule has 4 rings (SSSR count). The molecule has 0 radical (unpaired) electrons. The zero-order valence-corrected chi connectivity index (χ0v) is 14.3. The molecular weight excluding hydrogens is 391 g/mol. The second kappa shape index (κ2) is 5.62. The van der Waals surface area contributed by atoms with Crippen molar-refractivity contribution in [3.8, 4) is 11.6 Å². The maximum Gasteiger partial charge on any atom is 0.326 e. The summed E-state index contributed by atoms with van der Waals surface area (Å²) in [5.74, 6) is -6.60. The highest BCUT2D eigenvalue weighted by atomic mass is 32.2. The largest absolute Gasteiger partial charge is 0.506 e. The Hall–Kier alpha value is -2.76. The van der Waals surface area contributed by atoms with Gasteiger partial charge in [0.15, 0.2) is 5.82 Å². The molecule has 2 heterocycles. The Labute approximate surface area is 150 Å². The van der Waals surface area contributed by atoms with E-state index in [1.807, 2.05) is 0 Å². The van der Waals surface area contributed by atoms with Crippen molar-refractivity contribution in [1.82, 2.24) is 9.71 Å². The Morgan fingerprint density at radius 2 is 2.11 bits per heavy atom. The van der Waals surface area contributed by atoms with Crippen LogP contribution in [0.3, 0.4) is 0 Å². The van der Waals surface area contributed by atoms with Crippen molar-refractivity contribution < 1.29 is 36.2 Å². The van der Waals surface area contributed by atoms with Crippen molar-refractivity contribution in [1.29, 1.82) is 0 Å². The Kier molecular flexibility index (Phi) is 3.67. The molecule has 1 aliphatic heterocycles. The number of hydrogen-bond donors (Lipinski definition) is 2. The van der Waals surface area contributed by atoms with Crippen molar-refractivity contribution >= 4 is 32.7 Å². The summed E-state index contributed by atoms with van der Waals surface area (Å²) in [6, 6.07) is 3.74. The number of amides is 1. The summed E-state index contributed by atoms with van der Waals surface area (Å²) in [7, 11) is -4.35. The number of phenols is 1. The molecule has 2 N–H and O–H groups in total. The molecule has 27 heavy (non-hydrogen) atoms. The summed E-state index contributed by atoms with van der Waals surface area (Å²) in [6.45, 7) is -0.998. The van der Waals surface area contributed by atoms with Crippen molar-refractivity contribution in [3.63, 3.8) is 0 Å². The molecule has 2 fully saturated rings. The van der Waals surface area contributed by atoms with Crippen LogP contribution in [0.25, 0.3) is 10.9 Å². The van der Waals surface area contributed by atoms with Gasteiger partial charge >= 0.3 is 10.2 Å². The van der Waals surface area contributed by atoms with Gasteiger partial charge in [0.25, 0.3) is 11.8 Å². The minimum atomic E-state index is -4.35. The van der Waals surface area contributed by atoms with Crippen LogP contribution < -0.4 is 13.8 Å². The fourth-order valence-electron chi connectivity index (χ4n) is 2.78. The lowest BCUT2D eigenvalue weighted by molar-refractivity contribution is -0.117. The van der Waals surface area contributed by atoms with Crippen LogP contribution in [0.4, 0.5) is 18.9 Å². The molecule has 1 saturated heterocycles. The average Bonchev–Trinajstić information content (AvgIpc) is 3.08. The lowest BCUT2D eigenvalue weighted by Gasteiger charge is -2.18. The van der Waals surface area contributed by atoms with Gasteiger partial charge in [0.1, 0.15) is 23.5 Å². The van der Waals surface area contributed by atoms with Crippen molar-refractivity contribution in [3.05, 3.63) is 24.0 Å². The number of nitrogens with one attached hydrogen (secondary N) is 1. The molecule has 144 valence electrons. The van der Waals surface area contributed by atoms with Crippen LogP contribution in [0.2, 0.25) is 0 Å². The van der Waals surface area contributed by atoms with E-state index >= 15 is 0 Å². The number of carbonyl (C=O) groups excluding carboxylic acids is 1. The number of phenolic OH excluding ortho intramolecular Hbond substituents is 1. The standard InChI is InChI=1S/C15H12F3N3O5S/c16-12-13-7(1-2-11(19-13)26-6-8-4-15(8,17)18)3-9(22)14(12)21-5-10(23)20-27(21,24)25/h1-3,8,22H,4-6H2,(H,20,23). The van der Waals surface area contributed by atoms with Gasteiger partial charge in [-0.15, -0.1) is 0 Å². The van der Waals surface area contributed by atoms with E-state index in [0.29, 0.717) is 4.31 Å². The second-order valence-electron chi connectivity index (χ2n) is 6.29. The molecule has 1 saturated carbocycles. The van der Waals surface area contributed by atoms with Gasteiger partial charge < -0.3 is 9.84 Å². The van der Waals surface area contributed by atoms with Gasteiger partial charge in [0.05, 0.1) is 12.5 Å². The molecule has 2 aromatic rings. The number of nitrogens with zero attached hydrogens (tertiary/aromatic N) is 2. The summed E-state index contributed by atoms with van der Waals surface area (Å²) in [5.41, 5.74) is -1.07. The molecule has 1 aliphatic carbocycles. The number of benzene rings is 1. The van der Waals surface area contributed by atoms with Gasteiger partial charge in [-0.3, -0.25) is 4.79 Å². The third-order valence-electron chi connectivity index (χ3n) is 4.31. The van der Waals surface area contributed by atoms with Crippen LogP contribution in [0.5, 0.6) is 11.6 Å². The molecule has 0 spiro atoms. The Morgan fingerprint density at radius 1 is 1.41 bits per heavy atom. The first-order valence-corrected chi connectivity index (χ1v) is 9.18. The number of hydrogen-bond acceptors (Lipinski definition) is 6. The second-order valence-corrected chi connectivity index (χ2v) is 7.88. The fraction of sp³-hybridized carbons (Fsp3) is 0.333. The first-order chi connectivity index (χ1) is 12.6. The normalized spacial score (nSPS) is 22.7. The van der Waals surface area contributed by atoms with E-state index in [4.69, 9.17) is 4.74 Å². The summed E-state index contributed by atoms with van der Waals surface area (Å²) >= 11 is 0. The maximum atomic E-state index is 14.9. The third kappa shape index (κ3) is 2.99. The summed E-state index contributed by atoms with van der Waals surface area (Å²) < 4.78 is 71.8.